The fraction of sp³-hybridized carbons (Fsp3) is 0. The lowest BCUT2D eigenvalue weighted by Crippen LogP contribution is -2.10. The summed E-state index contributed by atoms with van der Waals surface area (Å²) in [4.78, 5) is 2.31. The highest BCUT2D eigenvalue weighted by molar-refractivity contribution is 7.26. The van der Waals surface area contributed by atoms with Gasteiger partial charge in [-0.15, -0.1) is 11.3 Å². The summed E-state index contributed by atoms with van der Waals surface area (Å²) in [6.45, 7) is 0. The minimum atomic E-state index is 0.869. The topological polar surface area (TPSA) is 16.4 Å². The first-order chi connectivity index (χ1) is 24.3. The molecule has 3 heteroatoms. The van der Waals surface area contributed by atoms with Crippen molar-refractivity contribution in [1.82, 2.24) is 0 Å². The van der Waals surface area contributed by atoms with E-state index in [9.17, 15) is 0 Å². The molecule has 0 bridgehead atoms. The summed E-state index contributed by atoms with van der Waals surface area (Å²) in [7, 11) is 0. The van der Waals surface area contributed by atoms with Crippen LogP contribution in [0.1, 0.15) is 0 Å². The van der Waals surface area contributed by atoms with Gasteiger partial charge in [0.2, 0.25) is 0 Å². The molecule has 0 saturated heterocycles. The highest BCUT2D eigenvalue weighted by Crippen LogP contribution is 2.49. The van der Waals surface area contributed by atoms with Gasteiger partial charge in [0, 0.05) is 53.4 Å². The fourth-order valence-corrected chi connectivity index (χ4v) is 8.63. The zero-order chi connectivity index (χ0) is 32.3. The van der Waals surface area contributed by atoms with Crippen LogP contribution in [0.3, 0.4) is 0 Å². The van der Waals surface area contributed by atoms with E-state index in [0.717, 1.165) is 44.6 Å². The number of benzene rings is 8. The third-order valence-corrected chi connectivity index (χ3v) is 10.9. The van der Waals surface area contributed by atoms with Crippen LogP contribution in [-0.4, -0.2) is 0 Å². The van der Waals surface area contributed by atoms with E-state index in [0.29, 0.717) is 0 Å². The van der Waals surface area contributed by atoms with Crippen LogP contribution in [-0.2, 0) is 0 Å². The minimum Gasteiger partial charge on any atom is -0.453 e. The van der Waals surface area contributed by atoms with Crippen LogP contribution < -0.4 is 4.90 Å². The summed E-state index contributed by atoms with van der Waals surface area (Å²) in [5.41, 5.74) is 9.67. The molecule has 0 N–H and O–H groups in total. The standard InChI is InChI=1S/C46H29NOS/c1-3-13-30(14-4-1)31-25-27-34(28-26-31)47(33-16-5-2-6-17-33)41-23-12-20-37-40-29-32-15-7-8-18-35(32)43(45(40)48-44(37)41)39-22-11-21-38-36-19-9-10-24-42(36)49-46(38)39/h1-29H. The van der Waals surface area contributed by atoms with Crippen LogP contribution in [0.25, 0.3) is 75.1 Å². The van der Waals surface area contributed by atoms with Crippen LogP contribution >= 0.6 is 11.3 Å². The average Bonchev–Trinajstić information content (AvgIpc) is 3.74. The smallest absolute Gasteiger partial charge is 0.159 e. The lowest BCUT2D eigenvalue weighted by atomic mass is 9.94. The summed E-state index contributed by atoms with van der Waals surface area (Å²) in [6.07, 6.45) is 0. The van der Waals surface area contributed by atoms with Gasteiger partial charge in [0.15, 0.2) is 5.58 Å². The van der Waals surface area contributed by atoms with E-state index in [1.54, 1.807) is 0 Å². The summed E-state index contributed by atoms with van der Waals surface area (Å²) in [5.74, 6) is 0. The molecule has 0 fully saturated rings. The molecule has 0 aliphatic heterocycles. The molecule has 2 heterocycles. The number of thiophene rings is 1. The highest BCUT2D eigenvalue weighted by Gasteiger charge is 2.23. The Labute approximate surface area is 287 Å². The summed E-state index contributed by atoms with van der Waals surface area (Å²) < 4.78 is 9.76. The zero-order valence-electron chi connectivity index (χ0n) is 26.5. The van der Waals surface area contributed by atoms with E-state index in [1.165, 1.54) is 47.6 Å². The van der Waals surface area contributed by atoms with Crippen molar-refractivity contribution in [2.24, 2.45) is 0 Å². The third kappa shape index (κ3) is 4.47. The Morgan fingerprint density at radius 2 is 1.06 bits per heavy atom. The molecule has 0 atom stereocenters. The van der Waals surface area contributed by atoms with E-state index < -0.39 is 0 Å². The van der Waals surface area contributed by atoms with Gasteiger partial charge in [-0.25, -0.2) is 0 Å². The number of anilines is 3. The molecule has 2 aromatic heterocycles. The van der Waals surface area contributed by atoms with Crippen molar-refractivity contribution in [2.45, 2.75) is 0 Å². The van der Waals surface area contributed by atoms with E-state index in [-0.39, 0.29) is 0 Å². The Kier molecular flexibility index (Phi) is 6.39. The number of hydrogen-bond acceptors (Lipinski definition) is 3. The normalized spacial score (nSPS) is 11.7. The van der Waals surface area contributed by atoms with Gasteiger partial charge in [0.1, 0.15) is 5.58 Å². The number of rotatable bonds is 5. The van der Waals surface area contributed by atoms with Crippen LogP contribution in [0.5, 0.6) is 0 Å². The molecule has 10 aromatic rings. The van der Waals surface area contributed by atoms with Crippen LogP contribution in [0.2, 0.25) is 0 Å². The molecule has 0 saturated carbocycles. The van der Waals surface area contributed by atoms with Gasteiger partial charge in [-0.1, -0.05) is 133 Å². The summed E-state index contributed by atoms with van der Waals surface area (Å²) in [6, 6.07) is 62.9. The predicted octanol–water partition coefficient (Wildman–Crippen LogP) is 13.9. The lowest BCUT2D eigenvalue weighted by Gasteiger charge is -2.25. The van der Waals surface area contributed by atoms with Crippen molar-refractivity contribution in [3.05, 3.63) is 176 Å². The molecule has 0 aliphatic carbocycles. The Morgan fingerprint density at radius 3 is 1.90 bits per heavy atom. The van der Waals surface area contributed by atoms with E-state index in [2.05, 4.69) is 181 Å². The number of hydrogen-bond donors (Lipinski definition) is 0. The minimum absolute atomic E-state index is 0.869. The van der Waals surface area contributed by atoms with E-state index >= 15 is 0 Å². The molecule has 0 unspecified atom stereocenters. The Bertz CT molecular complexity index is 2810. The largest absolute Gasteiger partial charge is 0.453 e. The maximum Gasteiger partial charge on any atom is 0.159 e. The van der Waals surface area contributed by atoms with Crippen molar-refractivity contribution in [3.8, 4) is 22.3 Å². The molecule has 0 spiro atoms. The second-order valence-corrected chi connectivity index (χ2v) is 13.5. The van der Waals surface area contributed by atoms with Crippen LogP contribution in [0.4, 0.5) is 17.1 Å². The van der Waals surface area contributed by atoms with Gasteiger partial charge >= 0.3 is 0 Å². The first-order valence-electron chi connectivity index (χ1n) is 16.6. The maximum absolute atomic E-state index is 7.18. The first kappa shape index (κ1) is 27.9. The monoisotopic (exact) mass is 643 g/mol. The molecule has 230 valence electrons. The van der Waals surface area contributed by atoms with Crippen molar-refractivity contribution >= 4 is 81.3 Å². The molecule has 0 amide bonds. The zero-order valence-corrected chi connectivity index (χ0v) is 27.3. The molecular weight excluding hydrogens is 615 g/mol. The Balaban J connectivity index is 1.25. The fourth-order valence-electron chi connectivity index (χ4n) is 7.41. The predicted molar refractivity (Wildman–Crippen MR) is 210 cm³/mol. The summed E-state index contributed by atoms with van der Waals surface area (Å²) in [5, 5.41) is 7.19. The quantitative estimate of drug-likeness (QED) is 0.186. The van der Waals surface area contributed by atoms with Crippen molar-refractivity contribution in [3.63, 3.8) is 0 Å². The number of fused-ring (bicyclic) bond motifs is 7. The second-order valence-electron chi connectivity index (χ2n) is 12.5. The second kappa shape index (κ2) is 11.2. The van der Waals surface area contributed by atoms with Crippen molar-refractivity contribution in [1.29, 1.82) is 0 Å². The SMILES string of the molecule is c1ccc(-c2ccc(N(c3ccccc3)c3cccc4c3oc3c(-c5cccc6c5sc5ccccc56)c5ccccc5cc34)cc2)cc1. The third-order valence-electron chi connectivity index (χ3n) is 9.65. The van der Waals surface area contributed by atoms with Crippen LogP contribution in [0, 0.1) is 0 Å². The van der Waals surface area contributed by atoms with Crippen molar-refractivity contribution < 1.29 is 4.42 Å². The molecule has 49 heavy (non-hydrogen) atoms. The maximum atomic E-state index is 7.18. The highest BCUT2D eigenvalue weighted by atomic mass is 32.1. The molecule has 0 radical (unpaired) electrons. The van der Waals surface area contributed by atoms with E-state index in [4.69, 9.17) is 4.42 Å². The number of nitrogens with zero attached hydrogens (tertiary/aromatic N) is 1. The summed E-state index contributed by atoms with van der Waals surface area (Å²) >= 11 is 1.86. The molecule has 0 aliphatic rings. The van der Waals surface area contributed by atoms with Gasteiger partial charge in [-0.2, -0.15) is 0 Å². The van der Waals surface area contributed by atoms with Gasteiger partial charge < -0.3 is 9.32 Å². The Hall–Kier alpha value is -6.16. The van der Waals surface area contributed by atoms with Crippen molar-refractivity contribution in [2.75, 3.05) is 4.90 Å². The number of furan rings is 1. The lowest BCUT2D eigenvalue weighted by molar-refractivity contribution is 0.670. The molecular formula is C46H29NOS. The van der Waals surface area contributed by atoms with E-state index in [1.807, 2.05) is 11.3 Å². The average molecular weight is 644 g/mol. The van der Waals surface area contributed by atoms with Gasteiger partial charge in [-0.3, -0.25) is 0 Å². The molecule has 2 nitrogen and oxygen atoms in total. The molecule has 8 aromatic carbocycles. The number of para-hydroxylation sites is 2. The first-order valence-corrected chi connectivity index (χ1v) is 17.4. The van der Waals surface area contributed by atoms with Gasteiger partial charge in [-0.05, 0) is 64.4 Å². The van der Waals surface area contributed by atoms with Gasteiger partial charge in [0.25, 0.3) is 0 Å². The van der Waals surface area contributed by atoms with Crippen LogP contribution in [0.15, 0.2) is 180 Å². The molecule has 10 rings (SSSR count). The van der Waals surface area contributed by atoms with Gasteiger partial charge in [0.05, 0.1) is 5.69 Å². The Morgan fingerprint density at radius 1 is 0.429 bits per heavy atom.